The lowest BCUT2D eigenvalue weighted by atomic mass is 10.0. The van der Waals surface area contributed by atoms with Crippen molar-refractivity contribution in [2.45, 2.75) is 25.9 Å². The van der Waals surface area contributed by atoms with Crippen molar-refractivity contribution in [3.63, 3.8) is 0 Å². The number of ether oxygens (including phenoxy) is 1. The molecule has 1 aromatic carbocycles. The van der Waals surface area contributed by atoms with Crippen molar-refractivity contribution in [1.82, 2.24) is 9.88 Å². The van der Waals surface area contributed by atoms with Gasteiger partial charge < -0.3 is 14.6 Å². The maximum atomic E-state index is 13.7. The Morgan fingerprint density at radius 3 is 2.77 bits per heavy atom. The van der Waals surface area contributed by atoms with E-state index in [9.17, 15) is 23.2 Å². The van der Waals surface area contributed by atoms with Gasteiger partial charge in [-0.3, -0.25) is 14.4 Å². The molecule has 0 atom stereocenters. The molecule has 1 N–H and O–H groups in total. The van der Waals surface area contributed by atoms with Gasteiger partial charge in [0.25, 0.3) is 5.91 Å². The minimum absolute atomic E-state index is 0.0833. The molecule has 26 heavy (non-hydrogen) atoms. The lowest BCUT2D eigenvalue weighted by molar-refractivity contribution is 0.0930. The third-order valence-corrected chi connectivity index (χ3v) is 4.21. The number of benzene rings is 1. The molecule has 1 amide bonds. The van der Waals surface area contributed by atoms with Gasteiger partial charge in [-0.1, -0.05) is 6.07 Å². The summed E-state index contributed by atoms with van der Waals surface area (Å²) >= 11 is 0. The maximum absolute atomic E-state index is 13.7. The quantitative estimate of drug-likeness (QED) is 0.903. The Labute approximate surface area is 147 Å². The van der Waals surface area contributed by atoms with Crippen molar-refractivity contribution >= 4 is 11.7 Å². The Morgan fingerprint density at radius 2 is 2.08 bits per heavy atom. The van der Waals surface area contributed by atoms with Gasteiger partial charge in [-0.2, -0.15) is 0 Å². The van der Waals surface area contributed by atoms with E-state index >= 15 is 0 Å². The van der Waals surface area contributed by atoms with Crippen LogP contribution in [0.3, 0.4) is 0 Å². The third kappa shape index (κ3) is 3.22. The van der Waals surface area contributed by atoms with Crippen LogP contribution in [0.5, 0.6) is 5.75 Å². The van der Waals surface area contributed by atoms with Crippen LogP contribution >= 0.6 is 0 Å². The number of aromatic nitrogens is 1. The molecule has 0 saturated carbocycles. The van der Waals surface area contributed by atoms with E-state index < -0.39 is 23.0 Å². The summed E-state index contributed by atoms with van der Waals surface area (Å²) in [5, 5.41) is 2.43. The summed E-state index contributed by atoms with van der Waals surface area (Å²) < 4.78 is 33.2. The molecule has 0 bridgehead atoms. The topological polar surface area (TPSA) is 77.4 Å². The van der Waals surface area contributed by atoms with Crippen molar-refractivity contribution < 1.29 is 23.1 Å². The van der Waals surface area contributed by atoms with Crippen LogP contribution in [-0.2, 0) is 13.1 Å². The fraction of sp³-hybridized carbons (Fsp3) is 0.278. The van der Waals surface area contributed by atoms with Crippen LogP contribution < -0.4 is 15.5 Å². The monoisotopic (exact) mass is 362 g/mol. The summed E-state index contributed by atoms with van der Waals surface area (Å²) in [6, 6.07) is 3.00. The number of fused-ring (bicyclic) bond motifs is 1. The second kappa shape index (κ2) is 7.07. The number of halogens is 2. The highest BCUT2D eigenvalue weighted by Gasteiger charge is 2.27. The summed E-state index contributed by atoms with van der Waals surface area (Å²) in [7, 11) is 1.26. The molecule has 0 spiro atoms. The molecular formula is C18H16F2N2O4. The Hall–Kier alpha value is -3.03. The zero-order chi connectivity index (χ0) is 18.8. The first kappa shape index (κ1) is 17.8. The number of Topliss-reactive ketones (excluding diaryl/α,β-unsaturated/α-hetero) is 1. The highest BCUT2D eigenvalue weighted by Crippen LogP contribution is 2.22. The standard InChI is InChI=1S/C18H16F2N2O4/c1-26-17-15-14(23)3-2-6-22(15)9-12(16(17)24)18(25)21-8-10-4-5-11(19)7-13(10)20/h4-5,7,9H,2-3,6,8H2,1H3,(H,21,25). The third-order valence-electron chi connectivity index (χ3n) is 4.21. The van der Waals surface area contributed by atoms with Gasteiger partial charge >= 0.3 is 0 Å². The fourth-order valence-electron chi connectivity index (χ4n) is 2.92. The van der Waals surface area contributed by atoms with Gasteiger partial charge in [0.2, 0.25) is 5.43 Å². The molecule has 8 heteroatoms. The van der Waals surface area contributed by atoms with Crippen LogP contribution in [0.25, 0.3) is 0 Å². The lowest BCUT2D eigenvalue weighted by Gasteiger charge is -2.21. The highest BCUT2D eigenvalue weighted by atomic mass is 19.1. The van der Waals surface area contributed by atoms with E-state index in [1.165, 1.54) is 23.9 Å². The molecule has 2 aromatic rings. The van der Waals surface area contributed by atoms with E-state index in [0.29, 0.717) is 25.5 Å². The molecule has 0 unspecified atom stereocenters. The van der Waals surface area contributed by atoms with Crippen LogP contribution in [0.1, 0.15) is 39.3 Å². The molecule has 6 nitrogen and oxygen atoms in total. The number of hydrogen-bond donors (Lipinski definition) is 1. The van der Waals surface area contributed by atoms with Crippen LogP contribution in [-0.4, -0.2) is 23.4 Å². The summed E-state index contributed by atoms with van der Waals surface area (Å²) in [5.74, 6) is -2.64. The minimum Gasteiger partial charge on any atom is -0.491 e. The van der Waals surface area contributed by atoms with E-state index in [0.717, 1.165) is 6.07 Å². The second-order valence-corrected chi connectivity index (χ2v) is 5.89. The largest absolute Gasteiger partial charge is 0.491 e. The average Bonchev–Trinajstić information content (AvgIpc) is 2.61. The first-order valence-corrected chi connectivity index (χ1v) is 7.99. The highest BCUT2D eigenvalue weighted by molar-refractivity contribution is 6.00. The van der Waals surface area contributed by atoms with Crippen LogP contribution in [0, 0.1) is 11.6 Å². The van der Waals surface area contributed by atoms with Crippen molar-refractivity contribution in [2.75, 3.05) is 7.11 Å². The predicted octanol–water partition coefficient (Wildman–Crippen LogP) is 2.04. The molecule has 0 fully saturated rings. The Morgan fingerprint density at radius 1 is 1.31 bits per heavy atom. The van der Waals surface area contributed by atoms with Gasteiger partial charge in [0.1, 0.15) is 22.9 Å². The van der Waals surface area contributed by atoms with E-state index in [1.54, 1.807) is 0 Å². The number of carbonyl (C=O) groups excluding carboxylic acids is 2. The fourth-order valence-corrected chi connectivity index (χ4v) is 2.92. The number of rotatable bonds is 4. The molecule has 1 aliphatic heterocycles. The first-order chi connectivity index (χ1) is 12.4. The normalized spacial score (nSPS) is 13.3. The molecule has 0 saturated heterocycles. The summed E-state index contributed by atoms with van der Waals surface area (Å²) in [6.07, 6.45) is 2.22. The average molecular weight is 362 g/mol. The number of aryl methyl sites for hydroxylation is 1. The smallest absolute Gasteiger partial charge is 0.257 e. The summed E-state index contributed by atoms with van der Waals surface area (Å²) in [6.45, 7) is 0.262. The van der Waals surface area contributed by atoms with E-state index in [1.807, 2.05) is 0 Å². The zero-order valence-electron chi connectivity index (χ0n) is 14.0. The van der Waals surface area contributed by atoms with Gasteiger partial charge in [0, 0.05) is 37.3 Å². The minimum atomic E-state index is -0.796. The zero-order valence-corrected chi connectivity index (χ0v) is 14.0. The summed E-state index contributed by atoms with van der Waals surface area (Å²) in [5.41, 5.74) is -0.668. The van der Waals surface area contributed by atoms with Gasteiger partial charge in [-0.15, -0.1) is 0 Å². The molecule has 0 aliphatic carbocycles. The van der Waals surface area contributed by atoms with E-state index in [2.05, 4.69) is 5.32 Å². The number of hydrogen-bond acceptors (Lipinski definition) is 4. The van der Waals surface area contributed by atoms with Crippen LogP contribution in [0.15, 0.2) is 29.2 Å². The van der Waals surface area contributed by atoms with Gasteiger partial charge in [-0.25, -0.2) is 8.78 Å². The first-order valence-electron chi connectivity index (χ1n) is 7.99. The molecule has 1 aromatic heterocycles. The second-order valence-electron chi connectivity index (χ2n) is 5.89. The van der Waals surface area contributed by atoms with Crippen LogP contribution in [0.4, 0.5) is 8.78 Å². The van der Waals surface area contributed by atoms with Crippen molar-refractivity contribution in [2.24, 2.45) is 0 Å². The number of ketones is 1. The van der Waals surface area contributed by atoms with Gasteiger partial charge in [-0.05, 0) is 12.5 Å². The molecular weight excluding hydrogens is 346 g/mol. The molecule has 0 radical (unpaired) electrons. The summed E-state index contributed by atoms with van der Waals surface area (Å²) in [4.78, 5) is 37.0. The number of pyridine rings is 1. The van der Waals surface area contributed by atoms with E-state index in [-0.39, 0.29) is 34.9 Å². The molecule has 2 heterocycles. The number of methoxy groups -OCH3 is 1. The number of amides is 1. The Bertz CT molecular complexity index is 953. The Kier molecular flexibility index (Phi) is 4.83. The van der Waals surface area contributed by atoms with Gasteiger partial charge in [0.15, 0.2) is 11.5 Å². The number of nitrogens with one attached hydrogen (secondary N) is 1. The maximum Gasteiger partial charge on any atom is 0.257 e. The lowest BCUT2D eigenvalue weighted by Crippen LogP contribution is -2.33. The van der Waals surface area contributed by atoms with Crippen LogP contribution in [0.2, 0.25) is 0 Å². The van der Waals surface area contributed by atoms with Crippen molar-refractivity contribution in [1.29, 1.82) is 0 Å². The molecule has 3 rings (SSSR count). The van der Waals surface area contributed by atoms with Gasteiger partial charge in [0.05, 0.1) is 7.11 Å². The predicted molar refractivity (Wildman–Crippen MR) is 88.3 cm³/mol. The van der Waals surface area contributed by atoms with Crippen molar-refractivity contribution in [3.05, 3.63) is 63.1 Å². The van der Waals surface area contributed by atoms with Crippen molar-refractivity contribution in [3.8, 4) is 5.75 Å². The number of carbonyl (C=O) groups is 2. The number of nitrogens with zero attached hydrogens (tertiary/aromatic N) is 1. The molecule has 1 aliphatic rings. The Balaban J connectivity index is 1.90. The SMILES string of the molecule is COc1c2n(cc(C(=O)NCc3ccc(F)cc3F)c1=O)CCCC2=O. The van der Waals surface area contributed by atoms with E-state index in [4.69, 9.17) is 4.74 Å². The molecule has 136 valence electrons.